The van der Waals surface area contributed by atoms with Crippen LogP contribution in [-0.4, -0.2) is 21.3 Å². The maximum Gasteiger partial charge on any atom is 0.133 e. The summed E-state index contributed by atoms with van der Waals surface area (Å²) in [5, 5.41) is 8.61. The smallest absolute Gasteiger partial charge is 0.133 e. The van der Waals surface area contributed by atoms with Gasteiger partial charge in [0.1, 0.15) is 11.6 Å². The van der Waals surface area contributed by atoms with Gasteiger partial charge in [0.15, 0.2) is 0 Å². The monoisotopic (exact) mass is 236 g/mol. The van der Waals surface area contributed by atoms with E-state index in [1.807, 2.05) is 0 Å². The van der Waals surface area contributed by atoms with E-state index in [9.17, 15) is 0 Å². The van der Waals surface area contributed by atoms with Crippen LogP contribution in [0.15, 0.2) is 0 Å². The van der Waals surface area contributed by atoms with Crippen molar-refractivity contribution in [3.63, 3.8) is 0 Å². The molecule has 2 rings (SSSR count). The van der Waals surface area contributed by atoms with E-state index in [2.05, 4.69) is 28.6 Å². The van der Waals surface area contributed by atoms with Gasteiger partial charge in [-0.3, -0.25) is 0 Å². The van der Waals surface area contributed by atoms with Crippen molar-refractivity contribution in [1.29, 1.82) is 0 Å². The lowest BCUT2D eigenvalue weighted by Gasteiger charge is -2.18. The number of hydrogen-bond acceptors (Lipinski definition) is 3. The largest absolute Gasteiger partial charge is 0.330 e. The number of rotatable bonds is 5. The van der Waals surface area contributed by atoms with Crippen LogP contribution in [-0.2, 0) is 6.42 Å². The van der Waals surface area contributed by atoms with Gasteiger partial charge in [0, 0.05) is 12.5 Å². The highest BCUT2D eigenvalue weighted by molar-refractivity contribution is 4.99. The molecule has 1 heterocycles. The molecule has 96 valence electrons. The molecule has 0 radical (unpaired) electrons. The van der Waals surface area contributed by atoms with Gasteiger partial charge in [0.2, 0.25) is 0 Å². The Morgan fingerprint density at radius 1 is 1.35 bits per heavy atom. The van der Waals surface area contributed by atoms with E-state index in [4.69, 9.17) is 5.73 Å². The highest BCUT2D eigenvalue weighted by Crippen LogP contribution is 2.31. The molecule has 0 bridgehead atoms. The SMILES string of the molecule is CCC(CN)Cc1nnc(C)n1C1CCCC1. The molecule has 4 heteroatoms. The van der Waals surface area contributed by atoms with Crippen molar-refractivity contribution >= 4 is 0 Å². The molecular formula is C13H24N4. The molecule has 1 aliphatic carbocycles. The van der Waals surface area contributed by atoms with Gasteiger partial charge in [-0.25, -0.2) is 0 Å². The van der Waals surface area contributed by atoms with E-state index in [0.717, 1.165) is 31.0 Å². The minimum Gasteiger partial charge on any atom is -0.330 e. The number of nitrogens with two attached hydrogens (primary N) is 1. The second kappa shape index (κ2) is 5.63. The van der Waals surface area contributed by atoms with E-state index >= 15 is 0 Å². The van der Waals surface area contributed by atoms with Gasteiger partial charge in [0.25, 0.3) is 0 Å². The molecule has 0 aliphatic heterocycles. The topological polar surface area (TPSA) is 56.7 Å². The first kappa shape index (κ1) is 12.6. The lowest BCUT2D eigenvalue weighted by Crippen LogP contribution is -2.20. The fourth-order valence-corrected chi connectivity index (χ4v) is 2.84. The van der Waals surface area contributed by atoms with Crippen LogP contribution in [0.1, 0.15) is 56.7 Å². The molecule has 1 aromatic rings. The molecule has 0 aromatic carbocycles. The number of nitrogens with zero attached hydrogens (tertiary/aromatic N) is 3. The van der Waals surface area contributed by atoms with Crippen LogP contribution in [0.4, 0.5) is 0 Å². The van der Waals surface area contributed by atoms with Crippen molar-refractivity contribution in [2.45, 2.75) is 58.4 Å². The summed E-state index contributed by atoms with van der Waals surface area (Å²) in [4.78, 5) is 0. The van der Waals surface area contributed by atoms with E-state index in [-0.39, 0.29) is 0 Å². The predicted molar refractivity (Wildman–Crippen MR) is 68.8 cm³/mol. The first-order chi connectivity index (χ1) is 8.26. The standard InChI is InChI=1S/C13H24N4/c1-3-11(9-14)8-13-16-15-10(2)17(13)12-6-4-5-7-12/h11-12H,3-9,14H2,1-2H3. The van der Waals surface area contributed by atoms with E-state index in [1.165, 1.54) is 25.7 Å². The van der Waals surface area contributed by atoms with Crippen molar-refractivity contribution < 1.29 is 0 Å². The van der Waals surface area contributed by atoms with Gasteiger partial charge in [0.05, 0.1) is 0 Å². The predicted octanol–water partition coefficient (Wildman–Crippen LogP) is 2.23. The highest BCUT2D eigenvalue weighted by atomic mass is 15.3. The first-order valence-electron chi connectivity index (χ1n) is 6.86. The van der Waals surface area contributed by atoms with Crippen LogP contribution in [0.25, 0.3) is 0 Å². The third-order valence-electron chi connectivity index (χ3n) is 4.01. The van der Waals surface area contributed by atoms with Gasteiger partial charge < -0.3 is 10.3 Å². The summed E-state index contributed by atoms with van der Waals surface area (Å²) in [6.07, 6.45) is 7.35. The Labute approximate surface area is 104 Å². The van der Waals surface area contributed by atoms with Crippen molar-refractivity contribution in [3.8, 4) is 0 Å². The summed E-state index contributed by atoms with van der Waals surface area (Å²) in [6.45, 7) is 5.01. The second-order valence-corrected chi connectivity index (χ2v) is 5.19. The number of aromatic nitrogens is 3. The third kappa shape index (κ3) is 2.68. The molecule has 1 saturated carbocycles. The Balaban J connectivity index is 2.16. The van der Waals surface area contributed by atoms with Crippen LogP contribution in [0.3, 0.4) is 0 Å². The Hall–Kier alpha value is -0.900. The van der Waals surface area contributed by atoms with Crippen molar-refractivity contribution in [2.24, 2.45) is 11.7 Å². The van der Waals surface area contributed by atoms with E-state index < -0.39 is 0 Å². The molecule has 1 aromatic heterocycles. The molecule has 1 atom stereocenters. The summed E-state index contributed by atoms with van der Waals surface area (Å²) in [6, 6.07) is 0.635. The van der Waals surface area contributed by atoms with Gasteiger partial charge in [-0.05, 0) is 32.2 Å². The number of aryl methyl sites for hydroxylation is 1. The molecule has 2 N–H and O–H groups in total. The van der Waals surface area contributed by atoms with Gasteiger partial charge in [-0.2, -0.15) is 0 Å². The molecule has 4 nitrogen and oxygen atoms in total. The zero-order valence-corrected chi connectivity index (χ0v) is 11.0. The zero-order chi connectivity index (χ0) is 12.3. The maximum absolute atomic E-state index is 5.78. The molecule has 0 saturated heterocycles. The highest BCUT2D eigenvalue weighted by Gasteiger charge is 2.23. The van der Waals surface area contributed by atoms with Crippen molar-refractivity contribution in [2.75, 3.05) is 6.54 Å². The second-order valence-electron chi connectivity index (χ2n) is 5.19. The molecule has 1 aliphatic rings. The zero-order valence-electron chi connectivity index (χ0n) is 11.0. The summed E-state index contributed by atoms with van der Waals surface area (Å²) in [7, 11) is 0. The summed E-state index contributed by atoms with van der Waals surface area (Å²) in [5.41, 5.74) is 5.78. The van der Waals surface area contributed by atoms with E-state index in [1.54, 1.807) is 0 Å². The molecule has 0 amide bonds. The molecule has 1 unspecified atom stereocenters. The average Bonchev–Trinajstić information content (AvgIpc) is 2.95. The van der Waals surface area contributed by atoms with E-state index in [0.29, 0.717) is 12.0 Å². The minimum atomic E-state index is 0.541. The Bertz CT molecular complexity index is 348. The maximum atomic E-state index is 5.78. The van der Waals surface area contributed by atoms with Crippen molar-refractivity contribution in [1.82, 2.24) is 14.8 Å². The Morgan fingerprint density at radius 2 is 2.06 bits per heavy atom. The lowest BCUT2D eigenvalue weighted by molar-refractivity contribution is 0.445. The first-order valence-corrected chi connectivity index (χ1v) is 6.86. The lowest BCUT2D eigenvalue weighted by atomic mass is 10.0. The fourth-order valence-electron chi connectivity index (χ4n) is 2.84. The summed E-state index contributed by atoms with van der Waals surface area (Å²) in [5.74, 6) is 2.75. The van der Waals surface area contributed by atoms with Gasteiger partial charge in [-0.1, -0.05) is 26.2 Å². The summed E-state index contributed by atoms with van der Waals surface area (Å²) >= 11 is 0. The fraction of sp³-hybridized carbons (Fsp3) is 0.846. The molecule has 1 fully saturated rings. The Morgan fingerprint density at radius 3 is 2.65 bits per heavy atom. The third-order valence-corrected chi connectivity index (χ3v) is 4.01. The normalized spacial score (nSPS) is 18.8. The van der Waals surface area contributed by atoms with Crippen molar-refractivity contribution in [3.05, 3.63) is 11.6 Å². The molecule has 17 heavy (non-hydrogen) atoms. The van der Waals surface area contributed by atoms with Crippen LogP contribution in [0.5, 0.6) is 0 Å². The average molecular weight is 236 g/mol. The van der Waals surface area contributed by atoms with Gasteiger partial charge in [-0.15, -0.1) is 10.2 Å². The number of hydrogen-bond donors (Lipinski definition) is 1. The summed E-state index contributed by atoms with van der Waals surface area (Å²) < 4.78 is 2.37. The van der Waals surface area contributed by atoms with Crippen LogP contribution in [0.2, 0.25) is 0 Å². The molecule has 0 spiro atoms. The van der Waals surface area contributed by atoms with Crippen LogP contribution >= 0.6 is 0 Å². The van der Waals surface area contributed by atoms with Crippen LogP contribution < -0.4 is 5.73 Å². The van der Waals surface area contributed by atoms with Crippen LogP contribution in [0, 0.1) is 12.8 Å². The minimum absolute atomic E-state index is 0.541. The Kier molecular flexibility index (Phi) is 4.15. The van der Waals surface area contributed by atoms with Gasteiger partial charge >= 0.3 is 0 Å². The molecular weight excluding hydrogens is 212 g/mol. The quantitative estimate of drug-likeness (QED) is 0.853.